The van der Waals surface area contributed by atoms with E-state index in [1.165, 1.54) is 6.21 Å². The Labute approximate surface area is 123 Å². The van der Waals surface area contributed by atoms with Gasteiger partial charge in [0.1, 0.15) is 0 Å². The maximum Gasteiger partial charge on any atom is 0.0856 e. The number of nitrogens with one attached hydrogen (secondary N) is 2. The number of rotatable bonds is 4. The van der Waals surface area contributed by atoms with Crippen LogP contribution in [0, 0.1) is 5.41 Å². The van der Waals surface area contributed by atoms with Crippen molar-refractivity contribution < 1.29 is 5.11 Å². The third-order valence-electron chi connectivity index (χ3n) is 2.89. The Kier molecular flexibility index (Phi) is 4.06. The number of hydrogen-bond donors (Lipinski definition) is 3. The average molecular weight is 290 g/mol. The van der Waals surface area contributed by atoms with Gasteiger partial charge in [0, 0.05) is 34.2 Å². The van der Waals surface area contributed by atoms with Crippen LogP contribution in [0.15, 0.2) is 36.7 Å². The lowest BCUT2D eigenvalue weighted by molar-refractivity contribution is 0.0783. The van der Waals surface area contributed by atoms with E-state index in [2.05, 4.69) is 10.3 Å². The molecular formula is C15H16ClN3O. The normalized spacial score (nSPS) is 11.2. The second kappa shape index (κ2) is 5.61. The number of pyridine rings is 1. The van der Waals surface area contributed by atoms with E-state index in [0.717, 1.165) is 11.4 Å². The van der Waals surface area contributed by atoms with Gasteiger partial charge in [0.2, 0.25) is 0 Å². The van der Waals surface area contributed by atoms with Crippen molar-refractivity contribution in [3.8, 4) is 0 Å². The number of aliphatic hydroxyl groups is 1. The second-order valence-electron chi connectivity index (χ2n) is 5.02. The first-order valence-corrected chi connectivity index (χ1v) is 6.53. The second-order valence-corrected chi connectivity index (χ2v) is 5.46. The number of halogens is 1. The number of nitrogens with zero attached hydrogens (tertiary/aromatic N) is 1. The van der Waals surface area contributed by atoms with Crippen LogP contribution in [0.3, 0.4) is 0 Å². The quantitative estimate of drug-likeness (QED) is 0.752. The topological polar surface area (TPSA) is 69.0 Å². The zero-order chi connectivity index (χ0) is 14.8. The first-order valence-electron chi connectivity index (χ1n) is 6.15. The molecule has 0 saturated carbocycles. The minimum absolute atomic E-state index is 0.581. The van der Waals surface area contributed by atoms with Crippen LogP contribution in [-0.4, -0.2) is 16.3 Å². The van der Waals surface area contributed by atoms with Gasteiger partial charge in [-0.2, -0.15) is 0 Å². The lowest BCUT2D eigenvalue weighted by Crippen LogP contribution is -2.15. The molecule has 0 saturated heterocycles. The number of aromatic nitrogens is 1. The van der Waals surface area contributed by atoms with Gasteiger partial charge in [0.05, 0.1) is 17.5 Å². The minimum Gasteiger partial charge on any atom is -0.386 e. The van der Waals surface area contributed by atoms with Gasteiger partial charge in [-0.25, -0.2) is 0 Å². The predicted molar refractivity (Wildman–Crippen MR) is 82.1 cm³/mol. The molecular weight excluding hydrogens is 274 g/mol. The largest absolute Gasteiger partial charge is 0.386 e. The monoisotopic (exact) mass is 289 g/mol. The van der Waals surface area contributed by atoms with Crippen LogP contribution in [0.5, 0.6) is 0 Å². The van der Waals surface area contributed by atoms with E-state index >= 15 is 0 Å². The van der Waals surface area contributed by atoms with Crippen LogP contribution in [-0.2, 0) is 5.60 Å². The molecule has 0 atom stereocenters. The molecule has 1 aromatic carbocycles. The molecule has 0 unspecified atom stereocenters. The highest BCUT2D eigenvalue weighted by molar-refractivity contribution is 6.31. The molecule has 2 rings (SSSR count). The van der Waals surface area contributed by atoms with Gasteiger partial charge in [-0.05, 0) is 38.1 Å². The third kappa shape index (κ3) is 3.35. The van der Waals surface area contributed by atoms with Gasteiger partial charge < -0.3 is 15.8 Å². The van der Waals surface area contributed by atoms with Crippen molar-refractivity contribution in [2.75, 3.05) is 5.32 Å². The van der Waals surface area contributed by atoms with Crippen molar-refractivity contribution in [2.45, 2.75) is 19.4 Å². The smallest absolute Gasteiger partial charge is 0.0856 e. The van der Waals surface area contributed by atoms with Crippen molar-refractivity contribution in [3.63, 3.8) is 0 Å². The van der Waals surface area contributed by atoms with Crippen LogP contribution >= 0.6 is 11.6 Å². The SMILES string of the molecule is CC(C)(O)c1cncc(Nc2ccc(Cl)cc2C=N)c1. The summed E-state index contributed by atoms with van der Waals surface area (Å²) in [5, 5.41) is 21.2. The maximum absolute atomic E-state index is 10.00. The van der Waals surface area contributed by atoms with E-state index in [-0.39, 0.29) is 0 Å². The molecule has 0 spiro atoms. The molecule has 104 valence electrons. The van der Waals surface area contributed by atoms with Crippen molar-refractivity contribution in [1.82, 2.24) is 4.98 Å². The van der Waals surface area contributed by atoms with E-state index in [1.54, 1.807) is 44.4 Å². The summed E-state index contributed by atoms with van der Waals surface area (Å²) >= 11 is 5.91. The van der Waals surface area contributed by atoms with Gasteiger partial charge in [0.25, 0.3) is 0 Å². The summed E-state index contributed by atoms with van der Waals surface area (Å²) in [6.07, 6.45) is 4.53. The molecule has 20 heavy (non-hydrogen) atoms. The van der Waals surface area contributed by atoms with E-state index < -0.39 is 5.60 Å². The van der Waals surface area contributed by atoms with Crippen molar-refractivity contribution in [1.29, 1.82) is 5.41 Å². The van der Waals surface area contributed by atoms with E-state index in [1.807, 2.05) is 6.07 Å². The Bertz CT molecular complexity index is 635. The summed E-state index contributed by atoms with van der Waals surface area (Å²) < 4.78 is 0. The van der Waals surface area contributed by atoms with Gasteiger partial charge >= 0.3 is 0 Å². The van der Waals surface area contributed by atoms with Crippen LogP contribution in [0.4, 0.5) is 11.4 Å². The summed E-state index contributed by atoms with van der Waals surface area (Å²) in [5.74, 6) is 0. The lowest BCUT2D eigenvalue weighted by Gasteiger charge is -2.18. The molecule has 3 N–H and O–H groups in total. The predicted octanol–water partition coefficient (Wildman–Crippen LogP) is 3.70. The first kappa shape index (κ1) is 14.5. The van der Waals surface area contributed by atoms with E-state index in [0.29, 0.717) is 16.1 Å². The number of benzene rings is 1. The Morgan fingerprint density at radius 3 is 2.70 bits per heavy atom. The zero-order valence-corrected chi connectivity index (χ0v) is 12.1. The highest BCUT2D eigenvalue weighted by Crippen LogP contribution is 2.26. The van der Waals surface area contributed by atoms with Crippen molar-refractivity contribution in [2.24, 2.45) is 0 Å². The Hall–Kier alpha value is -1.91. The van der Waals surface area contributed by atoms with Gasteiger partial charge in [0.15, 0.2) is 0 Å². The highest BCUT2D eigenvalue weighted by Gasteiger charge is 2.16. The molecule has 5 heteroatoms. The van der Waals surface area contributed by atoms with Gasteiger partial charge in [-0.1, -0.05) is 11.6 Å². The fourth-order valence-corrected chi connectivity index (χ4v) is 1.95. The van der Waals surface area contributed by atoms with Crippen molar-refractivity contribution in [3.05, 3.63) is 52.8 Å². The van der Waals surface area contributed by atoms with Crippen molar-refractivity contribution >= 4 is 29.2 Å². The van der Waals surface area contributed by atoms with Crippen LogP contribution in [0.25, 0.3) is 0 Å². The molecule has 0 radical (unpaired) electrons. The number of hydrogen-bond acceptors (Lipinski definition) is 4. The fraction of sp³-hybridized carbons (Fsp3) is 0.200. The van der Waals surface area contributed by atoms with Crippen LogP contribution < -0.4 is 5.32 Å². The molecule has 1 heterocycles. The first-order chi connectivity index (χ1) is 9.40. The minimum atomic E-state index is -0.949. The van der Waals surface area contributed by atoms with Gasteiger partial charge in [-0.15, -0.1) is 0 Å². The Morgan fingerprint density at radius 1 is 1.30 bits per heavy atom. The summed E-state index contributed by atoms with van der Waals surface area (Å²) in [7, 11) is 0. The summed E-state index contributed by atoms with van der Waals surface area (Å²) in [5.41, 5.74) is 1.96. The Morgan fingerprint density at radius 2 is 2.05 bits per heavy atom. The molecule has 4 nitrogen and oxygen atoms in total. The highest BCUT2D eigenvalue weighted by atomic mass is 35.5. The van der Waals surface area contributed by atoms with Crippen LogP contribution in [0.1, 0.15) is 25.0 Å². The van der Waals surface area contributed by atoms with E-state index in [9.17, 15) is 5.11 Å². The average Bonchev–Trinajstić information content (AvgIpc) is 2.40. The van der Waals surface area contributed by atoms with Crippen LogP contribution in [0.2, 0.25) is 5.02 Å². The lowest BCUT2D eigenvalue weighted by atomic mass is 10.0. The third-order valence-corrected chi connectivity index (χ3v) is 3.13. The molecule has 0 fully saturated rings. The number of anilines is 2. The van der Waals surface area contributed by atoms with E-state index in [4.69, 9.17) is 17.0 Å². The standard InChI is InChI=1S/C15H16ClN3O/c1-15(2,20)11-6-13(9-18-8-11)19-14-4-3-12(16)5-10(14)7-17/h3-9,17,19-20H,1-2H3. The zero-order valence-electron chi connectivity index (χ0n) is 11.3. The Balaban J connectivity index is 2.33. The molecule has 2 aromatic rings. The molecule has 0 amide bonds. The summed E-state index contributed by atoms with van der Waals surface area (Å²) in [4.78, 5) is 4.11. The summed E-state index contributed by atoms with van der Waals surface area (Å²) in [6, 6.07) is 7.10. The molecule has 0 aliphatic rings. The molecule has 0 aliphatic carbocycles. The van der Waals surface area contributed by atoms with Gasteiger partial charge in [-0.3, -0.25) is 4.98 Å². The molecule has 0 bridgehead atoms. The summed E-state index contributed by atoms with van der Waals surface area (Å²) in [6.45, 7) is 3.41. The molecule has 1 aromatic heterocycles. The fourth-order valence-electron chi connectivity index (χ4n) is 1.77. The molecule has 0 aliphatic heterocycles. The maximum atomic E-state index is 10.00.